The molecule has 2 aromatic heterocycles. The number of nitrogens with zero attached hydrogens (tertiary/aromatic N) is 5. The summed E-state index contributed by atoms with van der Waals surface area (Å²) in [4.78, 5) is 13.2. The van der Waals surface area contributed by atoms with Gasteiger partial charge < -0.3 is 4.90 Å². The van der Waals surface area contributed by atoms with Crippen LogP contribution in [-0.4, -0.2) is 32.7 Å². The Kier molecular flexibility index (Phi) is 5.01. The second-order valence-electron chi connectivity index (χ2n) is 5.97. The molecule has 3 heterocycles. The molecule has 1 saturated heterocycles. The molecule has 0 unspecified atom stereocenters. The third kappa shape index (κ3) is 3.43. The lowest BCUT2D eigenvalue weighted by Gasteiger charge is -2.21. The van der Waals surface area contributed by atoms with E-state index in [-0.39, 0.29) is 0 Å². The maximum atomic E-state index is 6.32. The summed E-state index contributed by atoms with van der Waals surface area (Å²) >= 11 is 13.9. The number of halogens is 2. The van der Waals surface area contributed by atoms with Gasteiger partial charge in [0.25, 0.3) is 0 Å². The maximum Gasteiger partial charge on any atom is 0.228 e. The van der Waals surface area contributed by atoms with Crippen LogP contribution in [0.4, 0.5) is 5.95 Å². The van der Waals surface area contributed by atoms with E-state index in [1.165, 1.54) is 37.4 Å². The van der Waals surface area contributed by atoms with Crippen molar-refractivity contribution in [3.8, 4) is 0 Å². The minimum atomic E-state index is 0.540. The highest BCUT2D eigenvalue weighted by Crippen LogP contribution is 2.38. The fourth-order valence-corrected chi connectivity index (χ4v) is 4.42. The highest BCUT2D eigenvalue weighted by Gasteiger charge is 2.18. The molecule has 25 heavy (non-hydrogen) atoms. The molecule has 1 fully saturated rings. The lowest BCUT2D eigenvalue weighted by molar-refractivity contribution is 0.726. The zero-order chi connectivity index (χ0) is 17.2. The van der Waals surface area contributed by atoms with E-state index < -0.39 is 0 Å². The monoisotopic (exact) mass is 393 g/mol. The second kappa shape index (κ2) is 7.40. The molecule has 1 aliphatic heterocycles. The zero-order valence-corrected chi connectivity index (χ0v) is 15.9. The van der Waals surface area contributed by atoms with Crippen LogP contribution in [0, 0.1) is 0 Å². The van der Waals surface area contributed by atoms with Gasteiger partial charge in [0.1, 0.15) is 6.33 Å². The van der Waals surface area contributed by atoms with E-state index in [2.05, 4.69) is 20.0 Å². The molecule has 8 heteroatoms. The molecular formula is C17H17Cl2N5S. The number of aromatic nitrogens is 4. The van der Waals surface area contributed by atoms with Gasteiger partial charge in [-0.15, -0.1) is 0 Å². The summed E-state index contributed by atoms with van der Waals surface area (Å²) in [7, 11) is 0. The summed E-state index contributed by atoms with van der Waals surface area (Å²) in [6, 6.07) is 5.60. The van der Waals surface area contributed by atoms with Crippen LogP contribution in [0.1, 0.15) is 25.7 Å². The summed E-state index contributed by atoms with van der Waals surface area (Å²) in [5.41, 5.74) is 0.787. The molecule has 5 nitrogen and oxygen atoms in total. The Hall–Kier alpha value is -1.50. The first kappa shape index (κ1) is 16.9. The molecule has 0 spiro atoms. The Morgan fingerprint density at radius 3 is 2.56 bits per heavy atom. The summed E-state index contributed by atoms with van der Waals surface area (Å²) < 4.78 is 1.83. The number of rotatable bonds is 3. The van der Waals surface area contributed by atoms with Crippen LogP contribution in [0.15, 0.2) is 40.5 Å². The topological polar surface area (TPSA) is 46.3 Å². The van der Waals surface area contributed by atoms with Crippen LogP contribution in [0.3, 0.4) is 0 Å². The molecule has 0 atom stereocenters. The van der Waals surface area contributed by atoms with Crippen LogP contribution in [0.25, 0.3) is 5.65 Å². The van der Waals surface area contributed by atoms with Crippen LogP contribution in [0.5, 0.6) is 0 Å². The molecule has 0 bridgehead atoms. The Morgan fingerprint density at radius 1 is 0.960 bits per heavy atom. The highest BCUT2D eigenvalue weighted by molar-refractivity contribution is 7.99. The van der Waals surface area contributed by atoms with E-state index in [0.717, 1.165) is 34.5 Å². The van der Waals surface area contributed by atoms with Gasteiger partial charge in [-0.25, -0.2) is 9.97 Å². The summed E-state index contributed by atoms with van der Waals surface area (Å²) in [6.45, 7) is 2.02. The van der Waals surface area contributed by atoms with Crippen molar-refractivity contribution in [3.05, 3.63) is 40.8 Å². The van der Waals surface area contributed by atoms with Crippen molar-refractivity contribution >= 4 is 46.6 Å². The fraction of sp³-hybridized carbons (Fsp3) is 0.353. The SMILES string of the molecule is Clc1cccc(Sc2cnc(N3CCCCCC3)n3ncnc23)c1Cl. The zero-order valence-electron chi connectivity index (χ0n) is 13.5. The Balaban J connectivity index is 1.71. The summed E-state index contributed by atoms with van der Waals surface area (Å²) in [5.74, 6) is 0.857. The second-order valence-corrected chi connectivity index (χ2v) is 7.84. The van der Waals surface area contributed by atoms with E-state index in [1.807, 2.05) is 22.8 Å². The molecular weight excluding hydrogens is 377 g/mol. The fourth-order valence-electron chi connectivity index (χ4n) is 3.02. The van der Waals surface area contributed by atoms with Crippen LogP contribution in [0.2, 0.25) is 10.0 Å². The van der Waals surface area contributed by atoms with Crippen molar-refractivity contribution in [2.24, 2.45) is 0 Å². The van der Waals surface area contributed by atoms with Gasteiger partial charge in [-0.05, 0) is 25.0 Å². The first-order valence-corrected chi connectivity index (χ1v) is 9.87. The van der Waals surface area contributed by atoms with Crippen molar-refractivity contribution in [2.45, 2.75) is 35.5 Å². The molecule has 0 N–H and O–H groups in total. The number of hydrogen-bond donors (Lipinski definition) is 0. The number of hydrogen-bond acceptors (Lipinski definition) is 5. The predicted molar refractivity (Wildman–Crippen MR) is 102 cm³/mol. The van der Waals surface area contributed by atoms with Crippen LogP contribution < -0.4 is 4.90 Å². The van der Waals surface area contributed by atoms with Crippen molar-refractivity contribution in [3.63, 3.8) is 0 Å². The minimum Gasteiger partial charge on any atom is -0.341 e. The quantitative estimate of drug-likeness (QED) is 0.628. The van der Waals surface area contributed by atoms with Crippen molar-refractivity contribution in [2.75, 3.05) is 18.0 Å². The first-order valence-electron chi connectivity index (χ1n) is 8.29. The van der Waals surface area contributed by atoms with Gasteiger partial charge in [-0.3, -0.25) is 0 Å². The smallest absolute Gasteiger partial charge is 0.228 e. The van der Waals surface area contributed by atoms with E-state index in [0.29, 0.717) is 10.0 Å². The number of fused-ring (bicyclic) bond motifs is 1. The van der Waals surface area contributed by atoms with Gasteiger partial charge in [0, 0.05) is 24.2 Å². The van der Waals surface area contributed by atoms with E-state index >= 15 is 0 Å². The standard InChI is InChI=1S/C17H17Cl2N5S/c18-12-6-5-7-13(15(12)19)25-14-10-20-17(24-16(14)21-11-22-24)23-8-3-1-2-4-9-23/h5-7,10-11H,1-4,8-9H2. The molecule has 1 aromatic carbocycles. The van der Waals surface area contributed by atoms with Crippen LogP contribution >= 0.6 is 35.0 Å². The summed E-state index contributed by atoms with van der Waals surface area (Å²) in [6.07, 6.45) is 8.35. The minimum absolute atomic E-state index is 0.540. The molecule has 1 aliphatic rings. The van der Waals surface area contributed by atoms with E-state index in [9.17, 15) is 0 Å². The van der Waals surface area contributed by atoms with Gasteiger partial charge in [0.2, 0.25) is 5.95 Å². The summed E-state index contributed by atoms with van der Waals surface area (Å²) in [5, 5.41) is 5.48. The predicted octanol–water partition coefficient (Wildman–Crippen LogP) is 4.96. The Morgan fingerprint density at radius 2 is 1.76 bits per heavy atom. The van der Waals surface area contributed by atoms with Gasteiger partial charge in [-0.2, -0.15) is 9.61 Å². The average molecular weight is 394 g/mol. The normalized spacial score (nSPS) is 15.5. The first-order chi connectivity index (χ1) is 12.2. The van der Waals surface area contributed by atoms with E-state index in [1.54, 1.807) is 12.4 Å². The highest BCUT2D eigenvalue weighted by atomic mass is 35.5. The molecule has 0 aliphatic carbocycles. The molecule has 0 saturated carbocycles. The number of benzene rings is 1. The molecule has 3 aromatic rings. The largest absolute Gasteiger partial charge is 0.341 e. The Bertz CT molecular complexity index is 890. The van der Waals surface area contributed by atoms with Gasteiger partial charge >= 0.3 is 0 Å². The van der Waals surface area contributed by atoms with Gasteiger partial charge in [0.05, 0.1) is 14.9 Å². The Labute approximate surface area is 160 Å². The number of anilines is 1. The molecule has 0 radical (unpaired) electrons. The van der Waals surface area contributed by atoms with Crippen LogP contribution in [-0.2, 0) is 0 Å². The van der Waals surface area contributed by atoms with Crippen molar-refractivity contribution < 1.29 is 0 Å². The van der Waals surface area contributed by atoms with Crippen molar-refractivity contribution in [1.29, 1.82) is 0 Å². The van der Waals surface area contributed by atoms with Gasteiger partial charge in [-0.1, -0.05) is 53.9 Å². The van der Waals surface area contributed by atoms with E-state index in [4.69, 9.17) is 23.2 Å². The lowest BCUT2D eigenvalue weighted by atomic mass is 10.2. The molecule has 0 amide bonds. The average Bonchev–Trinajstić information content (AvgIpc) is 2.95. The molecule has 130 valence electrons. The third-order valence-electron chi connectivity index (χ3n) is 4.28. The molecule has 4 rings (SSSR count). The lowest BCUT2D eigenvalue weighted by Crippen LogP contribution is -2.27. The maximum absolute atomic E-state index is 6.32. The van der Waals surface area contributed by atoms with Crippen molar-refractivity contribution in [1.82, 2.24) is 19.6 Å². The van der Waals surface area contributed by atoms with Gasteiger partial charge in [0.15, 0.2) is 5.65 Å². The third-order valence-corrected chi connectivity index (χ3v) is 6.28.